The van der Waals surface area contributed by atoms with Crippen LogP contribution in [0.1, 0.15) is 12.0 Å². The molecule has 3 heteroatoms. The number of carbonyl (C=O) groups is 1. The quantitative estimate of drug-likeness (QED) is 0.853. The lowest BCUT2D eigenvalue weighted by Crippen LogP contribution is -2.47. The van der Waals surface area contributed by atoms with Gasteiger partial charge in [-0.05, 0) is 17.7 Å². The molecule has 1 aliphatic rings. The van der Waals surface area contributed by atoms with Crippen molar-refractivity contribution in [2.45, 2.75) is 13.0 Å². The third-order valence-corrected chi connectivity index (χ3v) is 3.60. The second kappa shape index (κ2) is 5.88. The minimum atomic E-state index is 0.209. The summed E-state index contributed by atoms with van der Waals surface area (Å²) in [6.07, 6.45) is 0.585. The summed E-state index contributed by atoms with van der Waals surface area (Å²) in [6, 6.07) is 20.3. The molecule has 0 atom stereocenters. The summed E-state index contributed by atoms with van der Waals surface area (Å²) in [4.78, 5) is 16.3. The lowest BCUT2D eigenvalue weighted by atomic mass is 10.2. The molecule has 0 bridgehead atoms. The Balaban J connectivity index is 1.72. The number of carbonyl (C=O) groups excluding carboxylic acids is 1. The molecule has 0 saturated carbocycles. The third kappa shape index (κ3) is 2.89. The van der Waals surface area contributed by atoms with Crippen LogP contribution in [0, 0.1) is 0 Å². The van der Waals surface area contributed by atoms with Crippen LogP contribution in [0.25, 0.3) is 0 Å². The number of nitrogens with zero attached hydrogens (tertiary/aromatic N) is 2. The summed E-state index contributed by atoms with van der Waals surface area (Å²) in [5, 5.41) is 0. The summed E-state index contributed by atoms with van der Waals surface area (Å²) in [5.41, 5.74) is 2.27. The summed E-state index contributed by atoms with van der Waals surface area (Å²) in [5.74, 6) is 0.209. The minimum absolute atomic E-state index is 0.209. The molecule has 0 radical (unpaired) electrons. The van der Waals surface area contributed by atoms with Crippen molar-refractivity contribution in [1.29, 1.82) is 0 Å². The number of hydrogen-bond acceptors (Lipinski definition) is 2. The van der Waals surface area contributed by atoms with E-state index in [0.29, 0.717) is 13.1 Å². The SMILES string of the molecule is O=C1CCN(Cc2ccccc2)CN1c1ccccc1. The van der Waals surface area contributed by atoms with Gasteiger partial charge in [0.25, 0.3) is 0 Å². The van der Waals surface area contributed by atoms with Crippen LogP contribution in [0.5, 0.6) is 0 Å². The number of anilines is 1. The van der Waals surface area contributed by atoms with Gasteiger partial charge in [0.1, 0.15) is 0 Å². The zero-order valence-electron chi connectivity index (χ0n) is 11.4. The summed E-state index contributed by atoms with van der Waals surface area (Å²) < 4.78 is 0. The highest BCUT2D eigenvalue weighted by Crippen LogP contribution is 2.19. The third-order valence-electron chi connectivity index (χ3n) is 3.60. The molecule has 3 rings (SSSR count). The van der Waals surface area contributed by atoms with E-state index < -0.39 is 0 Å². The monoisotopic (exact) mass is 266 g/mol. The van der Waals surface area contributed by atoms with Gasteiger partial charge in [0, 0.05) is 25.2 Å². The van der Waals surface area contributed by atoms with Crippen LogP contribution in [-0.2, 0) is 11.3 Å². The van der Waals surface area contributed by atoms with Crippen LogP contribution in [0.15, 0.2) is 60.7 Å². The van der Waals surface area contributed by atoms with E-state index in [9.17, 15) is 4.79 Å². The fraction of sp³-hybridized carbons (Fsp3) is 0.235. The van der Waals surface area contributed by atoms with Crippen molar-refractivity contribution in [3.8, 4) is 0 Å². The molecule has 1 heterocycles. The second-order valence-electron chi connectivity index (χ2n) is 5.09. The zero-order chi connectivity index (χ0) is 13.8. The van der Waals surface area contributed by atoms with Gasteiger partial charge in [-0.1, -0.05) is 48.5 Å². The van der Waals surface area contributed by atoms with Gasteiger partial charge in [0.05, 0.1) is 6.67 Å². The molecule has 0 spiro atoms. The first kappa shape index (κ1) is 12.9. The lowest BCUT2D eigenvalue weighted by molar-refractivity contribution is -0.121. The molecule has 0 N–H and O–H groups in total. The van der Waals surface area contributed by atoms with Gasteiger partial charge in [-0.15, -0.1) is 0 Å². The van der Waals surface area contributed by atoms with Gasteiger partial charge in [-0.2, -0.15) is 0 Å². The van der Waals surface area contributed by atoms with Crippen LogP contribution < -0.4 is 4.90 Å². The van der Waals surface area contributed by atoms with E-state index in [-0.39, 0.29) is 5.91 Å². The average Bonchev–Trinajstić information content (AvgIpc) is 2.51. The summed E-state index contributed by atoms with van der Waals surface area (Å²) >= 11 is 0. The Kier molecular flexibility index (Phi) is 3.79. The molecule has 2 aromatic carbocycles. The van der Waals surface area contributed by atoms with E-state index in [4.69, 9.17) is 0 Å². The van der Waals surface area contributed by atoms with E-state index in [1.165, 1.54) is 5.56 Å². The van der Waals surface area contributed by atoms with Crippen molar-refractivity contribution in [2.75, 3.05) is 18.1 Å². The molecule has 20 heavy (non-hydrogen) atoms. The van der Waals surface area contributed by atoms with E-state index in [1.54, 1.807) is 0 Å². The highest BCUT2D eigenvalue weighted by atomic mass is 16.2. The Morgan fingerprint density at radius 1 is 0.900 bits per heavy atom. The van der Waals surface area contributed by atoms with Gasteiger partial charge in [0.15, 0.2) is 0 Å². The first-order chi connectivity index (χ1) is 9.83. The highest BCUT2D eigenvalue weighted by Gasteiger charge is 2.24. The van der Waals surface area contributed by atoms with Crippen LogP contribution >= 0.6 is 0 Å². The first-order valence-corrected chi connectivity index (χ1v) is 6.94. The van der Waals surface area contributed by atoms with Gasteiger partial charge >= 0.3 is 0 Å². The van der Waals surface area contributed by atoms with E-state index in [1.807, 2.05) is 41.3 Å². The number of hydrogen-bond donors (Lipinski definition) is 0. The van der Waals surface area contributed by atoms with Crippen LogP contribution in [0.4, 0.5) is 5.69 Å². The van der Waals surface area contributed by atoms with Crippen molar-refractivity contribution >= 4 is 11.6 Å². The van der Waals surface area contributed by atoms with Gasteiger partial charge < -0.3 is 0 Å². The fourth-order valence-electron chi connectivity index (χ4n) is 2.54. The summed E-state index contributed by atoms with van der Waals surface area (Å²) in [7, 11) is 0. The number of para-hydroxylation sites is 1. The van der Waals surface area contributed by atoms with Crippen molar-refractivity contribution < 1.29 is 4.79 Å². The maximum atomic E-state index is 12.1. The molecule has 1 amide bonds. The second-order valence-corrected chi connectivity index (χ2v) is 5.09. The van der Waals surface area contributed by atoms with Crippen molar-refractivity contribution in [1.82, 2.24) is 4.90 Å². The van der Waals surface area contributed by atoms with Crippen LogP contribution in [0.2, 0.25) is 0 Å². The Labute approximate surface area is 119 Å². The van der Waals surface area contributed by atoms with E-state index >= 15 is 0 Å². The smallest absolute Gasteiger partial charge is 0.229 e. The zero-order valence-corrected chi connectivity index (χ0v) is 11.4. The predicted molar refractivity (Wildman–Crippen MR) is 80.3 cm³/mol. The van der Waals surface area contributed by atoms with Crippen molar-refractivity contribution in [3.63, 3.8) is 0 Å². The Bertz CT molecular complexity index is 568. The Morgan fingerprint density at radius 3 is 2.25 bits per heavy atom. The lowest BCUT2D eigenvalue weighted by Gasteiger charge is -2.35. The van der Waals surface area contributed by atoms with Crippen molar-refractivity contribution in [3.05, 3.63) is 66.2 Å². The molecule has 3 nitrogen and oxygen atoms in total. The standard InChI is InChI=1S/C17H18N2O/c20-17-11-12-18(13-15-7-3-1-4-8-15)14-19(17)16-9-5-2-6-10-16/h1-10H,11-14H2. The first-order valence-electron chi connectivity index (χ1n) is 6.94. The minimum Gasteiger partial charge on any atom is -0.299 e. The molecule has 102 valence electrons. The largest absolute Gasteiger partial charge is 0.299 e. The Morgan fingerprint density at radius 2 is 1.55 bits per heavy atom. The molecule has 1 aliphatic heterocycles. The Hall–Kier alpha value is -2.13. The van der Waals surface area contributed by atoms with Crippen LogP contribution in [-0.4, -0.2) is 24.0 Å². The normalized spacial score (nSPS) is 16.4. The molecule has 1 fully saturated rings. The highest BCUT2D eigenvalue weighted by molar-refractivity contribution is 5.93. The number of amides is 1. The van der Waals surface area contributed by atoms with Gasteiger partial charge in [-0.25, -0.2) is 0 Å². The van der Waals surface area contributed by atoms with Crippen molar-refractivity contribution in [2.24, 2.45) is 0 Å². The van der Waals surface area contributed by atoms with E-state index in [2.05, 4.69) is 29.2 Å². The van der Waals surface area contributed by atoms with Gasteiger partial charge in [-0.3, -0.25) is 14.6 Å². The van der Waals surface area contributed by atoms with Gasteiger partial charge in [0.2, 0.25) is 5.91 Å². The number of rotatable bonds is 3. The fourth-order valence-corrected chi connectivity index (χ4v) is 2.54. The van der Waals surface area contributed by atoms with Crippen LogP contribution in [0.3, 0.4) is 0 Å². The average molecular weight is 266 g/mol. The molecular formula is C17H18N2O. The molecule has 0 aromatic heterocycles. The molecule has 2 aromatic rings. The maximum Gasteiger partial charge on any atom is 0.229 e. The molecule has 0 aliphatic carbocycles. The number of benzene rings is 2. The molecule has 0 unspecified atom stereocenters. The predicted octanol–water partition coefficient (Wildman–Crippen LogP) is 2.88. The van der Waals surface area contributed by atoms with E-state index in [0.717, 1.165) is 18.8 Å². The topological polar surface area (TPSA) is 23.6 Å². The summed E-state index contributed by atoms with van der Waals surface area (Å²) in [6.45, 7) is 2.38. The molecule has 1 saturated heterocycles. The molecular weight excluding hydrogens is 248 g/mol. The maximum absolute atomic E-state index is 12.1.